The molecule has 1 fully saturated rings. The van der Waals surface area contributed by atoms with Gasteiger partial charge in [0.05, 0.1) is 25.3 Å². The van der Waals surface area contributed by atoms with E-state index in [-0.39, 0.29) is 17.6 Å². The van der Waals surface area contributed by atoms with Gasteiger partial charge in [-0.1, -0.05) is 18.2 Å². The third-order valence-corrected chi connectivity index (χ3v) is 4.98. The van der Waals surface area contributed by atoms with Crippen LogP contribution in [0.1, 0.15) is 43.9 Å². The molecule has 1 atom stereocenters. The van der Waals surface area contributed by atoms with Gasteiger partial charge in [-0.2, -0.15) is 0 Å². The molecule has 28 heavy (non-hydrogen) atoms. The molecular formula is C22H23NO5. The second kappa shape index (κ2) is 8.69. The molecule has 1 aliphatic heterocycles. The minimum absolute atomic E-state index is 0.0155. The van der Waals surface area contributed by atoms with E-state index in [4.69, 9.17) is 9.47 Å². The predicted octanol–water partition coefficient (Wildman–Crippen LogP) is 3.22. The number of nitrogens with zero attached hydrogens (tertiary/aromatic N) is 1. The summed E-state index contributed by atoms with van der Waals surface area (Å²) in [5, 5.41) is 0. The number of methoxy groups -OCH3 is 2. The number of likely N-dealkylation sites (tertiary alicyclic amines) is 1. The van der Waals surface area contributed by atoms with Crippen LogP contribution in [0.2, 0.25) is 0 Å². The highest BCUT2D eigenvalue weighted by atomic mass is 16.5. The maximum Gasteiger partial charge on any atom is 0.337 e. The zero-order valence-corrected chi connectivity index (χ0v) is 16.0. The van der Waals surface area contributed by atoms with E-state index < -0.39 is 5.97 Å². The van der Waals surface area contributed by atoms with Crippen LogP contribution >= 0.6 is 0 Å². The normalized spacial score (nSPS) is 16.4. The number of amides is 1. The summed E-state index contributed by atoms with van der Waals surface area (Å²) in [5.74, 6) is -0.432. The third-order valence-electron chi connectivity index (χ3n) is 4.98. The molecule has 0 bridgehead atoms. The van der Waals surface area contributed by atoms with Gasteiger partial charge in [-0.15, -0.1) is 0 Å². The first-order valence-electron chi connectivity index (χ1n) is 9.20. The number of hydrogen-bond donors (Lipinski definition) is 0. The first-order valence-corrected chi connectivity index (χ1v) is 9.20. The SMILES string of the molecule is COC(=O)c1cccc(C(=O)N2CCC[C@@H](C(=O)c3ccccc3OC)C2)c1. The fraction of sp³-hybridized carbons (Fsp3) is 0.318. The van der Waals surface area contributed by atoms with Gasteiger partial charge in [0, 0.05) is 24.6 Å². The van der Waals surface area contributed by atoms with Gasteiger partial charge >= 0.3 is 5.97 Å². The standard InChI is InChI=1S/C22H23NO5/c1-27-19-11-4-3-10-18(19)20(24)17-9-6-12-23(14-17)21(25)15-7-5-8-16(13-15)22(26)28-2/h3-5,7-8,10-11,13,17H,6,9,12,14H2,1-2H3/t17-/m1/s1. The van der Waals surface area contributed by atoms with Crippen molar-refractivity contribution in [1.29, 1.82) is 0 Å². The zero-order valence-electron chi connectivity index (χ0n) is 16.0. The first kappa shape index (κ1) is 19.6. The van der Waals surface area contributed by atoms with Crippen LogP contribution in [0.4, 0.5) is 0 Å². The van der Waals surface area contributed by atoms with Crippen LogP contribution in [-0.2, 0) is 4.74 Å². The highest BCUT2D eigenvalue weighted by Gasteiger charge is 2.30. The largest absolute Gasteiger partial charge is 0.496 e. The Hall–Kier alpha value is -3.15. The van der Waals surface area contributed by atoms with Crippen LogP contribution in [-0.4, -0.2) is 49.9 Å². The number of hydrogen-bond acceptors (Lipinski definition) is 5. The predicted molar refractivity (Wildman–Crippen MR) is 104 cm³/mol. The molecule has 2 aromatic rings. The summed E-state index contributed by atoms with van der Waals surface area (Å²) in [7, 11) is 2.84. The number of para-hydroxylation sites is 1. The van der Waals surface area contributed by atoms with Gasteiger partial charge in [0.15, 0.2) is 5.78 Å². The summed E-state index contributed by atoms with van der Waals surface area (Å²) in [4.78, 5) is 39.3. The monoisotopic (exact) mass is 381 g/mol. The number of carbonyl (C=O) groups is 3. The molecule has 0 aromatic heterocycles. The number of esters is 1. The average Bonchev–Trinajstić information content (AvgIpc) is 2.77. The Morgan fingerprint density at radius 1 is 1.00 bits per heavy atom. The molecule has 0 N–H and O–H groups in total. The van der Waals surface area contributed by atoms with Crippen molar-refractivity contribution in [3.8, 4) is 5.75 Å². The Morgan fingerprint density at radius 3 is 2.50 bits per heavy atom. The van der Waals surface area contributed by atoms with Crippen LogP contribution < -0.4 is 4.74 Å². The highest BCUT2D eigenvalue weighted by Crippen LogP contribution is 2.27. The van der Waals surface area contributed by atoms with Gasteiger partial charge in [0.1, 0.15) is 5.75 Å². The number of carbonyl (C=O) groups excluding carboxylic acids is 3. The number of Topliss-reactive ketones (excluding diaryl/α,β-unsaturated/α-hetero) is 1. The molecule has 1 heterocycles. The summed E-state index contributed by atoms with van der Waals surface area (Å²) in [6, 6.07) is 13.6. The molecule has 1 aliphatic rings. The van der Waals surface area contributed by atoms with Gasteiger partial charge in [-0.3, -0.25) is 9.59 Å². The molecule has 3 rings (SSSR count). The number of ether oxygens (including phenoxy) is 2. The van der Waals surface area contributed by atoms with Gasteiger partial charge < -0.3 is 14.4 Å². The van der Waals surface area contributed by atoms with E-state index in [0.29, 0.717) is 35.5 Å². The molecule has 2 aromatic carbocycles. The van der Waals surface area contributed by atoms with Gasteiger partial charge in [0.2, 0.25) is 0 Å². The molecule has 6 nitrogen and oxygen atoms in total. The quantitative estimate of drug-likeness (QED) is 0.587. The molecule has 0 aliphatic carbocycles. The number of piperidine rings is 1. The topological polar surface area (TPSA) is 72.9 Å². The number of ketones is 1. The third kappa shape index (κ3) is 4.06. The van der Waals surface area contributed by atoms with Crippen molar-refractivity contribution in [2.45, 2.75) is 12.8 Å². The maximum absolute atomic E-state index is 13.0. The summed E-state index contributed by atoms with van der Waals surface area (Å²) in [6.45, 7) is 0.926. The van der Waals surface area contributed by atoms with E-state index in [1.54, 1.807) is 41.3 Å². The van der Waals surface area contributed by atoms with E-state index >= 15 is 0 Å². The smallest absolute Gasteiger partial charge is 0.337 e. The fourth-order valence-electron chi connectivity index (χ4n) is 3.52. The second-order valence-corrected chi connectivity index (χ2v) is 6.73. The molecular weight excluding hydrogens is 358 g/mol. The zero-order chi connectivity index (χ0) is 20.1. The minimum Gasteiger partial charge on any atom is -0.496 e. The van der Waals surface area contributed by atoms with Crippen molar-refractivity contribution in [2.75, 3.05) is 27.3 Å². The van der Waals surface area contributed by atoms with E-state index in [9.17, 15) is 14.4 Å². The van der Waals surface area contributed by atoms with Gasteiger partial charge in [-0.05, 0) is 43.2 Å². The Balaban J connectivity index is 1.77. The Labute approximate surface area is 164 Å². The number of rotatable bonds is 5. The minimum atomic E-state index is -0.488. The van der Waals surface area contributed by atoms with E-state index in [0.717, 1.165) is 12.8 Å². The summed E-state index contributed by atoms with van der Waals surface area (Å²) in [5.41, 5.74) is 1.28. The van der Waals surface area contributed by atoms with Crippen molar-refractivity contribution in [2.24, 2.45) is 5.92 Å². The molecule has 0 unspecified atom stereocenters. The number of benzene rings is 2. The van der Waals surface area contributed by atoms with Crippen molar-refractivity contribution < 1.29 is 23.9 Å². The molecule has 0 radical (unpaired) electrons. The van der Waals surface area contributed by atoms with E-state index in [1.165, 1.54) is 20.3 Å². The molecule has 0 spiro atoms. The van der Waals surface area contributed by atoms with Crippen molar-refractivity contribution in [3.05, 3.63) is 65.2 Å². The van der Waals surface area contributed by atoms with E-state index in [1.807, 2.05) is 6.07 Å². The fourth-order valence-corrected chi connectivity index (χ4v) is 3.52. The highest BCUT2D eigenvalue weighted by molar-refractivity contribution is 6.01. The first-order chi connectivity index (χ1) is 13.5. The van der Waals surface area contributed by atoms with Gasteiger partial charge in [0.25, 0.3) is 5.91 Å². The lowest BCUT2D eigenvalue weighted by atomic mass is 9.89. The lowest BCUT2D eigenvalue weighted by molar-refractivity contribution is 0.0600. The lowest BCUT2D eigenvalue weighted by Gasteiger charge is -2.32. The summed E-state index contributed by atoms with van der Waals surface area (Å²) >= 11 is 0. The molecule has 1 amide bonds. The lowest BCUT2D eigenvalue weighted by Crippen LogP contribution is -2.42. The molecule has 6 heteroatoms. The van der Waals surface area contributed by atoms with Crippen LogP contribution in [0.5, 0.6) is 5.75 Å². The summed E-state index contributed by atoms with van der Waals surface area (Å²) < 4.78 is 10.0. The molecule has 146 valence electrons. The Bertz CT molecular complexity index is 892. The Morgan fingerprint density at radius 2 is 1.75 bits per heavy atom. The van der Waals surface area contributed by atoms with E-state index in [2.05, 4.69) is 0 Å². The van der Waals surface area contributed by atoms with Crippen LogP contribution in [0.3, 0.4) is 0 Å². The van der Waals surface area contributed by atoms with Crippen molar-refractivity contribution >= 4 is 17.7 Å². The van der Waals surface area contributed by atoms with Crippen molar-refractivity contribution in [3.63, 3.8) is 0 Å². The maximum atomic E-state index is 13.0. The van der Waals surface area contributed by atoms with Crippen molar-refractivity contribution in [1.82, 2.24) is 4.90 Å². The molecule has 1 saturated heterocycles. The van der Waals surface area contributed by atoms with Crippen LogP contribution in [0.25, 0.3) is 0 Å². The molecule has 0 saturated carbocycles. The average molecular weight is 381 g/mol. The Kier molecular flexibility index (Phi) is 6.09. The second-order valence-electron chi connectivity index (χ2n) is 6.73. The van der Waals surface area contributed by atoms with Crippen LogP contribution in [0, 0.1) is 5.92 Å². The van der Waals surface area contributed by atoms with Gasteiger partial charge in [-0.25, -0.2) is 4.79 Å². The van der Waals surface area contributed by atoms with Crippen LogP contribution in [0.15, 0.2) is 48.5 Å². The summed E-state index contributed by atoms with van der Waals surface area (Å²) in [6.07, 6.45) is 1.47.